The lowest BCUT2D eigenvalue weighted by Gasteiger charge is -2.42. The van der Waals surface area contributed by atoms with Gasteiger partial charge in [0.15, 0.2) is 6.04 Å². The van der Waals surface area contributed by atoms with Gasteiger partial charge in [0.1, 0.15) is 5.82 Å². The quantitative estimate of drug-likeness (QED) is 0.689. The maximum Gasteiger partial charge on any atom is 0.327 e. The topological polar surface area (TPSA) is 126 Å². The third kappa shape index (κ3) is 3.49. The van der Waals surface area contributed by atoms with Crippen molar-refractivity contribution in [2.75, 3.05) is 5.73 Å². The molecule has 2 heterocycles. The minimum atomic E-state index is -1.22. The molecule has 3 rings (SSSR count). The van der Waals surface area contributed by atoms with Gasteiger partial charge in [-0.25, -0.2) is 19.5 Å². The Labute approximate surface area is 149 Å². The van der Waals surface area contributed by atoms with E-state index in [1.165, 1.54) is 6.20 Å². The van der Waals surface area contributed by atoms with Gasteiger partial charge in [0.05, 0.1) is 5.92 Å². The molecule has 1 fully saturated rings. The summed E-state index contributed by atoms with van der Waals surface area (Å²) >= 11 is 0. The molecule has 8 nitrogen and oxygen atoms in total. The molecule has 0 aliphatic carbocycles. The lowest BCUT2D eigenvalue weighted by molar-refractivity contribution is -0.165. The minimum absolute atomic E-state index is 0.186. The number of nitrogens with two attached hydrogens (primary N) is 1. The number of likely N-dealkylation sites (tertiary alicyclic amines) is 1. The molecule has 1 saturated heterocycles. The zero-order valence-corrected chi connectivity index (χ0v) is 13.8. The molecule has 134 valence electrons. The highest BCUT2D eigenvalue weighted by molar-refractivity contribution is 6.07. The van der Waals surface area contributed by atoms with E-state index < -0.39 is 29.9 Å². The molecule has 0 radical (unpaired) electrons. The standard InChI is InChI=1S/C18H18N4O4/c19-14-9-12(6-7-20-14)8-13-15(17(24)25)22(16(13)23)18(26)21-10-11-4-2-1-3-5-11/h1-7,9,13,15H,8,10H2,(H2,19,20)(H,21,26)(H,24,25)/t13-,15?/m1/s1. The summed E-state index contributed by atoms with van der Waals surface area (Å²) in [6, 6.07) is 10.5. The van der Waals surface area contributed by atoms with Crippen LogP contribution in [0.2, 0.25) is 0 Å². The molecule has 2 aromatic rings. The van der Waals surface area contributed by atoms with Gasteiger partial charge in [0.2, 0.25) is 5.91 Å². The summed E-state index contributed by atoms with van der Waals surface area (Å²) in [6.45, 7) is 0.210. The van der Waals surface area contributed by atoms with Gasteiger partial charge in [-0.15, -0.1) is 0 Å². The summed E-state index contributed by atoms with van der Waals surface area (Å²) in [5.74, 6) is -2.25. The van der Waals surface area contributed by atoms with Gasteiger partial charge in [0.25, 0.3) is 0 Å². The number of nitrogens with one attached hydrogen (secondary N) is 1. The smallest absolute Gasteiger partial charge is 0.327 e. The van der Waals surface area contributed by atoms with Crippen molar-refractivity contribution in [1.82, 2.24) is 15.2 Å². The summed E-state index contributed by atoms with van der Waals surface area (Å²) in [6.07, 6.45) is 1.68. The molecule has 4 N–H and O–H groups in total. The molecule has 26 heavy (non-hydrogen) atoms. The number of urea groups is 1. The fourth-order valence-corrected chi connectivity index (χ4v) is 2.99. The number of hydrogen-bond donors (Lipinski definition) is 3. The Morgan fingerprint density at radius 1 is 1.19 bits per heavy atom. The highest BCUT2D eigenvalue weighted by Crippen LogP contribution is 2.30. The predicted octanol–water partition coefficient (Wildman–Crippen LogP) is 1.03. The highest BCUT2D eigenvalue weighted by Gasteiger charge is 2.54. The number of imide groups is 1. The Morgan fingerprint density at radius 3 is 2.58 bits per heavy atom. The first-order chi connectivity index (χ1) is 12.5. The Balaban J connectivity index is 1.67. The summed E-state index contributed by atoms with van der Waals surface area (Å²) < 4.78 is 0. The number of nitrogen functional groups attached to an aromatic ring is 1. The van der Waals surface area contributed by atoms with Crippen LogP contribution in [0.25, 0.3) is 0 Å². The highest BCUT2D eigenvalue weighted by atomic mass is 16.4. The van der Waals surface area contributed by atoms with Gasteiger partial charge in [-0.3, -0.25) is 4.79 Å². The molecular weight excluding hydrogens is 336 g/mol. The lowest BCUT2D eigenvalue weighted by Crippen LogP contribution is -2.68. The van der Waals surface area contributed by atoms with Crippen molar-refractivity contribution in [2.24, 2.45) is 5.92 Å². The van der Waals surface area contributed by atoms with Crippen LogP contribution < -0.4 is 11.1 Å². The fraction of sp³-hybridized carbons (Fsp3) is 0.222. The number of anilines is 1. The second-order valence-electron chi connectivity index (χ2n) is 6.04. The first-order valence-corrected chi connectivity index (χ1v) is 8.05. The van der Waals surface area contributed by atoms with Crippen molar-refractivity contribution in [2.45, 2.75) is 19.0 Å². The average molecular weight is 354 g/mol. The second-order valence-corrected chi connectivity index (χ2v) is 6.04. The van der Waals surface area contributed by atoms with Gasteiger partial charge in [-0.2, -0.15) is 0 Å². The summed E-state index contributed by atoms with van der Waals surface area (Å²) in [5.41, 5.74) is 7.16. The number of nitrogens with zero attached hydrogens (tertiary/aromatic N) is 2. The molecule has 0 saturated carbocycles. The number of carboxylic acid groups (broad SMARTS) is 1. The van der Waals surface area contributed by atoms with Crippen LogP contribution in [0.1, 0.15) is 11.1 Å². The second kappa shape index (κ2) is 7.22. The average Bonchev–Trinajstić information content (AvgIpc) is 2.62. The van der Waals surface area contributed by atoms with E-state index in [0.717, 1.165) is 10.5 Å². The van der Waals surface area contributed by atoms with Crippen LogP contribution in [0.3, 0.4) is 0 Å². The first kappa shape index (κ1) is 17.4. The summed E-state index contributed by atoms with van der Waals surface area (Å²) in [5, 5.41) is 12.0. The van der Waals surface area contributed by atoms with E-state index in [1.54, 1.807) is 12.1 Å². The Morgan fingerprint density at radius 2 is 1.92 bits per heavy atom. The first-order valence-electron chi connectivity index (χ1n) is 8.05. The van der Waals surface area contributed by atoms with Crippen molar-refractivity contribution < 1.29 is 19.5 Å². The number of pyridine rings is 1. The molecule has 0 spiro atoms. The van der Waals surface area contributed by atoms with Crippen molar-refractivity contribution in [1.29, 1.82) is 0 Å². The van der Waals surface area contributed by atoms with Crippen LogP contribution in [-0.2, 0) is 22.6 Å². The number of hydrogen-bond acceptors (Lipinski definition) is 5. The fourth-order valence-electron chi connectivity index (χ4n) is 2.99. The molecule has 1 unspecified atom stereocenters. The van der Waals surface area contributed by atoms with E-state index in [-0.39, 0.29) is 13.0 Å². The number of amides is 3. The van der Waals surface area contributed by atoms with Crippen LogP contribution in [0.15, 0.2) is 48.7 Å². The largest absolute Gasteiger partial charge is 0.480 e. The molecule has 1 aromatic carbocycles. The van der Waals surface area contributed by atoms with Gasteiger partial charge in [0, 0.05) is 12.7 Å². The number of carbonyl (C=O) groups is 3. The van der Waals surface area contributed by atoms with Crippen LogP contribution in [0, 0.1) is 5.92 Å². The van der Waals surface area contributed by atoms with Gasteiger partial charge in [-0.05, 0) is 29.7 Å². The Bertz CT molecular complexity index is 840. The van der Waals surface area contributed by atoms with E-state index in [1.807, 2.05) is 30.3 Å². The van der Waals surface area contributed by atoms with Gasteiger partial charge in [-0.1, -0.05) is 30.3 Å². The van der Waals surface area contributed by atoms with Crippen LogP contribution in [0.5, 0.6) is 0 Å². The summed E-state index contributed by atoms with van der Waals surface area (Å²) in [4.78, 5) is 40.8. The Kier molecular flexibility index (Phi) is 4.83. The van der Waals surface area contributed by atoms with Crippen LogP contribution >= 0.6 is 0 Å². The van der Waals surface area contributed by atoms with Crippen molar-refractivity contribution in [3.63, 3.8) is 0 Å². The van der Waals surface area contributed by atoms with Crippen LogP contribution in [0.4, 0.5) is 10.6 Å². The zero-order valence-electron chi connectivity index (χ0n) is 13.8. The minimum Gasteiger partial charge on any atom is -0.480 e. The van der Waals surface area contributed by atoms with Gasteiger partial charge < -0.3 is 16.2 Å². The predicted molar refractivity (Wildman–Crippen MR) is 92.8 cm³/mol. The van der Waals surface area contributed by atoms with Crippen molar-refractivity contribution in [3.8, 4) is 0 Å². The molecule has 0 bridgehead atoms. The van der Waals surface area contributed by atoms with E-state index in [2.05, 4.69) is 10.3 Å². The van der Waals surface area contributed by atoms with Gasteiger partial charge >= 0.3 is 12.0 Å². The molecular formula is C18H18N4O4. The van der Waals surface area contributed by atoms with E-state index in [0.29, 0.717) is 11.4 Å². The number of aliphatic carboxylic acids is 1. The number of aromatic nitrogens is 1. The maximum absolute atomic E-state index is 12.4. The number of benzene rings is 1. The van der Waals surface area contributed by atoms with E-state index in [4.69, 9.17) is 5.73 Å². The monoisotopic (exact) mass is 354 g/mol. The van der Waals surface area contributed by atoms with Crippen LogP contribution in [-0.4, -0.2) is 38.9 Å². The summed E-state index contributed by atoms with van der Waals surface area (Å²) in [7, 11) is 0. The SMILES string of the molecule is Nc1cc(C[C@H]2C(=O)N(C(=O)NCc3ccccc3)C2C(=O)O)ccn1. The van der Waals surface area contributed by atoms with E-state index in [9.17, 15) is 19.5 Å². The number of carboxylic acids is 1. The van der Waals surface area contributed by atoms with Crippen molar-refractivity contribution in [3.05, 3.63) is 59.8 Å². The number of β-lactam (4-membered cyclic amide) rings is 1. The number of carbonyl (C=O) groups excluding carboxylic acids is 2. The molecule has 3 amide bonds. The van der Waals surface area contributed by atoms with E-state index >= 15 is 0 Å². The molecule has 2 atom stereocenters. The Hall–Kier alpha value is -3.42. The number of rotatable bonds is 5. The lowest BCUT2D eigenvalue weighted by atomic mass is 9.82. The molecule has 1 aliphatic rings. The van der Waals surface area contributed by atoms with Crippen molar-refractivity contribution >= 4 is 23.7 Å². The third-order valence-electron chi connectivity index (χ3n) is 4.27. The molecule has 1 aromatic heterocycles. The maximum atomic E-state index is 12.4. The third-order valence-corrected chi connectivity index (χ3v) is 4.27. The molecule has 1 aliphatic heterocycles. The normalized spacial score (nSPS) is 18.9. The zero-order chi connectivity index (χ0) is 18.7. The molecule has 8 heteroatoms.